The van der Waals surface area contributed by atoms with E-state index in [0.717, 1.165) is 13.0 Å². The van der Waals surface area contributed by atoms with E-state index >= 15 is 0 Å². The van der Waals surface area contributed by atoms with Crippen LogP contribution in [0, 0.1) is 11.1 Å². The number of nitrogens with one attached hydrogen (secondary N) is 2. The number of hydroxylamine groups is 2. The summed E-state index contributed by atoms with van der Waals surface area (Å²) in [5, 5.41) is 15.5. The molecule has 0 saturated carbocycles. The van der Waals surface area contributed by atoms with E-state index in [1.807, 2.05) is 13.8 Å². The molecule has 2 N–H and O–H groups in total. The summed E-state index contributed by atoms with van der Waals surface area (Å²) in [5.41, 5.74) is -0.145. The Kier molecular flexibility index (Phi) is 3.33. The lowest BCUT2D eigenvalue weighted by Gasteiger charge is -2.45. The fraction of sp³-hybridized carbons (Fsp3) is 1.00. The van der Waals surface area contributed by atoms with Crippen LogP contribution in [0.2, 0.25) is 0 Å². The van der Waals surface area contributed by atoms with Gasteiger partial charge in [-0.2, -0.15) is 0 Å². The standard InChI is InChI=1S/C10H22N2O/c1-8(2)5-9-6-12(13)10(3,4)7-11-9/h8-9,11-12H,5-7H2,1-4H3. The third-order valence-electron chi connectivity index (χ3n) is 2.78. The molecule has 1 fully saturated rings. The highest BCUT2D eigenvalue weighted by molar-refractivity contribution is 4.80. The predicted octanol–water partition coefficient (Wildman–Crippen LogP) is 0.166. The lowest BCUT2D eigenvalue weighted by atomic mass is 9.96. The maximum Gasteiger partial charge on any atom is 0.104 e. The molecule has 0 bridgehead atoms. The van der Waals surface area contributed by atoms with Gasteiger partial charge in [-0.25, -0.2) is 0 Å². The van der Waals surface area contributed by atoms with Crippen LogP contribution in [0.1, 0.15) is 34.1 Å². The molecule has 1 saturated heterocycles. The van der Waals surface area contributed by atoms with Crippen molar-refractivity contribution in [3.63, 3.8) is 0 Å². The third kappa shape index (κ3) is 2.93. The third-order valence-corrected chi connectivity index (χ3v) is 2.78. The van der Waals surface area contributed by atoms with Crippen LogP contribution in [0.5, 0.6) is 0 Å². The van der Waals surface area contributed by atoms with Gasteiger partial charge in [0.2, 0.25) is 0 Å². The second kappa shape index (κ2) is 3.95. The van der Waals surface area contributed by atoms with E-state index < -0.39 is 0 Å². The molecule has 13 heavy (non-hydrogen) atoms. The van der Waals surface area contributed by atoms with Crippen molar-refractivity contribution in [3.8, 4) is 0 Å². The Balaban J connectivity index is 2.42. The van der Waals surface area contributed by atoms with E-state index in [1.54, 1.807) is 0 Å². The van der Waals surface area contributed by atoms with Crippen LogP contribution in [0.3, 0.4) is 0 Å². The number of piperazine rings is 1. The van der Waals surface area contributed by atoms with Gasteiger partial charge in [0.05, 0.1) is 19.1 Å². The van der Waals surface area contributed by atoms with Crippen LogP contribution in [0.25, 0.3) is 0 Å². The zero-order valence-electron chi connectivity index (χ0n) is 9.18. The highest BCUT2D eigenvalue weighted by Gasteiger charge is 2.32. The number of rotatable bonds is 2. The Bertz CT molecular complexity index is 168. The fourth-order valence-corrected chi connectivity index (χ4v) is 1.81. The van der Waals surface area contributed by atoms with Crippen LogP contribution >= 0.6 is 0 Å². The number of hydrogen-bond donors (Lipinski definition) is 2. The van der Waals surface area contributed by atoms with Crippen molar-refractivity contribution in [2.24, 2.45) is 5.92 Å². The highest BCUT2D eigenvalue weighted by Crippen LogP contribution is 2.07. The SMILES string of the molecule is CC(C)CC1C[NH+]([O-])C(C)(C)CN1. The number of quaternary nitrogens is 1. The molecule has 0 amide bonds. The van der Waals surface area contributed by atoms with Gasteiger partial charge in [-0.1, -0.05) is 13.8 Å². The second-order valence-electron chi connectivity index (χ2n) is 5.22. The zero-order chi connectivity index (χ0) is 10.1. The predicted molar refractivity (Wildman–Crippen MR) is 54.5 cm³/mol. The lowest BCUT2D eigenvalue weighted by molar-refractivity contribution is -0.906. The molecule has 1 aliphatic heterocycles. The van der Waals surface area contributed by atoms with Crippen LogP contribution in [-0.2, 0) is 0 Å². The first-order valence-electron chi connectivity index (χ1n) is 5.18. The largest absolute Gasteiger partial charge is 0.634 e. The first kappa shape index (κ1) is 11.0. The van der Waals surface area contributed by atoms with Gasteiger partial charge in [-0.15, -0.1) is 0 Å². The van der Waals surface area contributed by atoms with Gasteiger partial charge in [0.1, 0.15) is 5.54 Å². The summed E-state index contributed by atoms with van der Waals surface area (Å²) in [6.07, 6.45) is 1.11. The Morgan fingerprint density at radius 3 is 2.62 bits per heavy atom. The Morgan fingerprint density at radius 2 is 2.15 bits per heavy atom. The summed E-state index contributed by atoms with van der Waals surface area (Å²) in [6, 6.07) is 0.417. The van der Waals surface area contributed by atoms with E-state index in [9.17, 15) is 5.21 Å². The molecule has 2 atom stereocenters. The van der Waals surface area contributed by atoms with Gasteiger partial charge >= 0.3 is 0 Å². The Hall–Kier alpha value is -0.120. The van der Waals surface area contributed by atoms with Crippen molar-refractivity contribution in [2.75, 3.05) is 13.1 Å². The van der Waals surface area contributed by atoms with Gasteiger partial charge < -0.3 is 15.6 Å². The Labute approximate surface area is 81.1 Å². The molecule has 0 aromatic rings. The quantitative estimate of drug-likeness (QED) is 0.603. The molecule has 1 heterocycles. The van der Waals surface area contributed by atoms with Crippen molar-refractivity contribution in [2.45, 2.75) is 45.7 Å². The van der Waals surface area contributed by atoms with E-state index in [-0.39, 0.29) is 5.54 Å². The summed E-state index contributed by atoms with van der Waals surface area (Å²) < 4.78 is 0. The van der Waals surface area contributed by atoms with Crippen LogP contribution in [-0.4, -0.2) is 24.7 Å². The minimum Gasteiger partial charge on any atom is -0.634 e. The summed E-state index contributed by atoms with van der Waals surface area (Å²) >= 11 is 0. The molecule has 2 unspecified atom stereocenters. The molecule has 1 aliphatic rings. The summed E-state index contributed by atoms with van der Waals surface area (Å²) in [6.45, 7) is 9.99. The zero-order valence-corrected chi connectivity index (χ0v) is 9.18. The molecule has 0 spiro atoms. The van der Waals surface area contributed by atoms with Crippen molar-refractivity contribution in [3.05, 3.63) is 5.21 Å². The van der Waals surface area contributed by atoms with Gasteiger partial charge in [0.15, 0.2) is 0 Å². The molecule has 3 heteroatoms. The van der Waals surface area contributed by atoms with Crippen molar-refractivity contribution >= 4 is 0 Å². The molecule has 1 rings (SSSR count). The van der Waals surface area contributed by atoms with Crippen molar-refractivity contribution < 1.29 is 5.06 Å². The average Bonchev–Trinajstić information content (AvgIpc) is 1.97. The fourth-order valence-electron chi connectivity index (χ4n) is 1.81. The summed E-state index contributed by atoms with van der Waals surface area (Å²) in [4.78, 5) is 0. The molecule has 0 aromatic carbocycles. The normalized spacial score (nSPS) is 33.7. The number of hydrogen-bond acceptors (Lipinski definition) is 2. The van der Waals surface area contributed by atoms with E-state index in [4.69, 9.17) is 0 Å². The lowest BCUT2D eigenvalue weighted by Crippen LogP contribution is -3.19. The first-order valence-corrected chi connectivity index (χ1v) is 5.18. The Morgan fingerprint density at radius 1 is 1.54 bits per heavy atom. The molecular formula is C10H22N2O. The van der Waals surface area contributed by atoms with E-state index in [1.165, 1.54) is 0 Å². The molecular weight excluding hydrogens is 164 g/mol. The molecule has 0 aromatic heterocycles. The molecule has 0 radical (unpaired) electrons. The van der Waals surface area contributed by atoms with Gasteiger partial charge in [-0.3, -0.25) is 0 Å². The van der Waals surface area contributed by atoms with Crippen LogP contribution < -0.4 is 10.4 Å². The second-order valence-corrected chi connectivity index (χ2v) is 5.22. The molecule has 0 aliphatic carbocycles. The van der Waals surface area contributed by atoms with E-state index in [0.29, 0.717) is 23.6 Å². The summed E-state index contributed by atoms with van der Waals surface area (Å²) in [5.74, 6) is 0.673. The minimum atomic E-state index is -0.145. The first-order chi connectivity index (χ1) is 5.92. The van der Waals surface area contributed by atoms with Crippen LogP contribution in [0.4, 0.5) is 0 Å². The average molecular weight is 186 g/mol. The van der Waals surface area contributed by atoms with Crippen LogP contribution in [0.15, 0.2) is 0 Å². The van der Waals surface area contributed by atoms with Gasteiger partial charge in [-0.05, 0) is 26.2 Å². The molecule has 78 valence electrons. The van der Waals surface area contributed by atoms with Gasteiger partial charge in [0, 0.05) is 0 Å². The van der Waals surface area contributed by atoms with Gasteiger partial charge in [0.25, 0.3) is 0 Å². The highest BCUT2D eigenvalue weighted by atomic mass is 16.5. The monoisotopic (exact) mass is 186 g/mol. The summed E-state index contributed by atoms with van der Waals surface area (Å²) in [7, 11) is 0. The minimum absolute atomic E-state index is 0.145. The van der Waals surface area contributed by atoms with E-state index in [2.05, 4.69) is 19.2 Å². The maximum absolute atomic E-state index is 11.7. The van der Waals surface area contributed by atoms with Crippen molar-refractivity contribution in [1.29, 1.82) is 0 Å². The smallest absolute Gasteiger partial charge is 0.104 e. The van der Waals surface area contributed by atoms with Crippen molar-refractivity contribution in [1.82, 2.24) is 5.32 Å². The molecule has 3 nitrogen and oxygen atoms in total. The maximum atomic E-state index is 11.7. The topological polar surface area (TPSA) is 39.5 Å².